The number of Topliss-reactive ketones (excluding diaryl/α,β-unsaturated/α-hetero) is 1. The third-order valence-corrected chi connectivity index (χ3v) is 6.61. The first-order valence-electron chi connectivity index (χ1n) is 11.7. The fourth-order valence-electron chi connectivity index (χ4n) is 4.83. The maximum absolute atomic E-state index is 14.6. The fraction of sp³-hybridized carbons (Fsp3) is 0.138. The Hall–Kier alpha value is -4.77. The predicted molar refractivity (Wildman–Crippen MR) is 133 cm³/mol. The van der Waals surface area contributed by atoms with Crippen LogP contribution in [0, 0.1) is 23.3 Å². The summed E-state index contributed by atoms with van der Waals surface area (Å²) < 4.78 is 73.0. The zero-order chi connectivity index (χ0) is 28.8. The van der Waals surface area contributed by atoms with Crippen molar-refractivity contribution >= 4 is 29.5 Å². The number of para-hydroxylation sites is 1. The van der Waals surface area contributed by atoms with Crippen molar-refractivity contribution in [3.05, 3.63) is 118 Å². The monoisotopic (exact) mass is 553 g/mol. The van der Waals surface area contributed by atoms with E-state index >= 15 is 0 Å². The van der Waals surface area contributed by atoms with E-state index in [2.05, 4.69) is 0 Å². The molecule has 0 saturated carbocycles. The van der Waals surface area contributed by atoms with Crippen LogP contribution in [-0.2, 0) is 29.4 Å². The van der Waals surface area contributed by atoms with Crippen LogP contribution in [0.4, 0.5) is 23.2 Å². The molecule has 2 aliphatic rings. The van der Waals surface area contributed by atoms with E-state index in [0.717, 1.165) is 26.4 Å². The molecule has 204 valence electrons. The number of rotatable bonds is 5. The molecule has 0 radical (unpaired) electrons. The van der Waals surface area contributed by atoms with E-state index in [1.807, 2.05) is 0 Å². The number of ether oxygens (including phenoxy) is 3. The second-order valence-corrected chi connectivity index (χ2v) is 8.77. The first-order valence-corrected chi connectivity index (χ1v) is 11.7. The van der Waals surface area contributed by atoms with Gasteiger partial charge in [-0.15, -0.1) is 0 Å². The van der Waals surface area contributed by atoms with Crippen LogP contribution in [0.1, 0.15) is 21.5 Å². The number of hydrogen-bond donors (Lipinski definition) is 0. The maximum atomic E-state index is 14.6. The highest BCUT2D eigenvalue weighted by molar-refractivity contribution is 6.15. The molecule has 0 spiro atoms. The summed E-state index contributed by atoms with van der Waals surface area (Å²) in [6.45, 7) is 0. The Morgan fingerprint density at radius 1 is 0.825 bits per heavy atom. The summed E-state index contributed by atoms with van der Waals surface area (Å²) in [6.07, 6.45) is 1.80. The lowest BCUT2D eigenvalue weighted by Crippen LogP contribution is -2.57. The van der Waals surface area contributed by atoms with Gasteiger partial charge in [-0.25, -0.2) is 27.2 Å². The SMILES string of the molecule is COC(=O)C1=C(C(=O)OC)C(C(=O)c2ccc(F)c(F)c2)(c2ccc(F)c(F)c2)OC2C=Cc3ccccc3N12. The van der Waals surface area contributed by atoms with Gasteiger partial charge in [0.1, 0.15) is 11.3 Å². The average molecular weight is 553 g/mol. The van der Waals surface area contributed by atoms with Gasteiger partial charge in [-0.3, -0.25) is 4.79 Å². The molecule has 0 fully saturated rings. The number of halogens is 4. The Labute approximate surface area is 224 Å². The predicted octanol–water partition coefficient (Wildman–Crippen LogP) is 4.81. The summed E-state index contributed by atoms with van der Waals surface area (Å²) in [5, 5.41) is 0. The molecule has 0 N–H and O–H groups in total. The summed E-state index contributed by atoms with van der Waals surface area (Å²) in [5.41, 5.74) is -3.88. The first kappa shape index (κ1) is 26.8. The Bertz CT molecular complexity index is 1630. The van der Waals surface area contributed by atoms with Crippen molar-refractivity contribution in [2.45, 2.75) is 11.8 Å². The van der Waals surface area contributed by atoms with E-state index in [4.69, 9.17) is 14.2 Å². The van der Waals surface area contributed by atoms with Gasteiger partial charge in [0.25, 0.3) is 0 Å². The average Bonchev–Trinajstić information content (AvgIpc) is 2.97. The van der Waals surface area contributed by atoms with Gasteiger partial charge in [0.05, 0.1) is 19.9 Å². The van der Waals surface area contributed by atoms with Gasteiger partial charge in [-0.05, 0) is 53.6 Å². The third kappa shape index (κ3) is 4.06. The number of carbonyl (C=O) groups excluding carboxylic acids is 3. The van der Waals surface area contributed by atoms with E-state index < -0.39 is 75.2 Å². The Morgan fingerprint density at radius 2 is 1.48 bits per heavy atom. The molecule has 3 aromatic carbocycles. The van der Waals surface area contributed by atoms with E-state index in [-0.39, 0.29) is 0 Å². The lowest BCUT2D eigenvalue weighted by Gasteiger charge is -2.48. The van der Waals surface area contributed by atoms with Gasteiger partial charge in [0, 0.05) is 5.56 Å². The second-order valence-electron chi connectivity index (χ2n) is 8.77. The zero-order valence-corrected chi connectivity index (χ0v) is 20.9. The number of anilines is 1. The quantitative estimate of drug-likeness (QED) is 0.255. The number of esters is 2. The molecular formula is C29H19F4NO6. The van der Waals surface area contributed by atoms with Crippen LogP contribution >= 0.6 is 0 Å². The lowest BCUT2D eigenvalue weighted by atomic mass is 9.76. The summed E-state index contributed by atoms with van der Waals surface area (Å²) >= 11 is 0. The van der Waals surface area contributed by atoms with Crippen LogP contribution < -0.4 is 4.90 Å². The van der Waals surface area contributed by atoms with Gasteiger partial charge in [0.15, 0.2) is 35.1 Å². The van der Waals surface area contributed by atoms with Crippen molar-refractivity contribution in [2.75, 3.05) is 19.1 Å². The van der Waals surface area contributed by atoms with Crippen molar-refractivity contribution in [2.24, 2.45) is 0 Å². The molecule has 0 saturated heterocycles. The van der Waals surface area contributed by atoms with Crippen molar-refractivity contribution in [3.63, 3.8) is 0 Å². The van der Waals surface area contributed by atoms with Gasteiger partial charge >= 0.3 is 11.9 Å². The molecule has 0 aliphatic carbocycles. The summed E-state index contributed by atoms with van der Waals surface area (Å²) in [5.74, 6) is -8.89. The number of nitrogens with zero attached hydrogens (tertiary/aromatic N) is 1. The fourth-order valence-corrected chi connectivity index (χ4v) is 4.83. The molecular weight excluding hydrogens is 534 g/mol. The van der Waals surface area contributed by atoms with Gasteiger partial charge in [0.2, 0.25) is 5.78 Å². The van der Waals surface area contributed by atoms with Gasteiger partial charge in [-0.1, -0.05) is 30.3 Å². The minimum Gasteiger partial charge on any atom is -0.465 e. The normalized spacial score (nSPS) is 19.6. The van der Waals surface area contributed by atoms with Gasteiger partial charge < -0.3 is 19.1 Å². The van der Waals surface area contributed by atoms with Crippen molar-refractivity contribution < 1.29 is 46.2 Å². The Balaban J connectivity index is 1.93. The van der Waals surface area contributed by atoms with E-state index in [9.17, 15) is 31.9 Å². The summed E-state index contributed by atoms with van der Waals surface area (Å²) in [6, 6.07) is 11.2. The minimum atomic E-state index is -2.72. The number of methoxy groups -OCH3 is 2. The second kappa shape index (κ2) is 10.1. The summed E-state index contributed by atoms with van der Waals surface area (Å²) in [4.78, 5) is 42.5. The summed E-state index contributed by atoms with van der Waals surface area (Å²) in [7, 11) is 2.01. The van der Waals surface area contributed by atoms with Crippen LogP contribution in [0.15, 0.2) is 78.0 Å². The van der Waals surface area contributed by atoms with E-state index in [1.165, 1.54) is 11.0 Å². The molecule has 0 bridgehead atoms. The lowest BCUT2D eigenvalue weighted by molar-refractivity contribution is -0.145. The number of hydrogen-bond acceptors (Lipinski definition) is 7. The molecule has 11 heteroatoms. The Morgan fingerprint density at radius 3 is 2.12 bits per heavy atom. The van der Waals surface area contributed by atoms with Crippen molar-refractivity contribution in [1.82, 2.24) is 0 Å². The van der Waals surface area contributed by atoms with Crippen LogP contribution in [0.5, 0.6) is 0 Å². The molecule has 40 heavy (non-hydrogen) atoms. The van der Waals surface area contributed by atoms with Crippen LogP contribution in [0.2, 0.25) is 0 Å². The standard InChI is InChI=1S/C29H19F4NO6/c1-38-27(36)24-25(28(37)39-2)34-22-6-4-3-5-15(22)8-12-23(34)40-29(24,17-9-11-19(31)21(33)14-17)26(35)16-7-10-18(30)20(32)13-16/h3-14,23H,1-2H3. The molecule has 2 atom stereocenters. The van der Waals surface area contributed by atoms with Crippen LogP contribution in [0.25, 0.3) is 6.08 Å². The highest BCUT2D eigenvalue weighted by atomic mass is 19.2. The molecule has 2 unspecified atom stereocenters. The number of fused-ring (bicyclic) bond motifs is 3. The number of benzene rings is 3. The number of carbonyl (C=O) groups is 3. The van der Waals surface area contributed by atoms with E-state index in [1.54, 1.807) is 30.3 Å². The minimum absolute atomic E-state index is 0.385. The largest absolute Gasteiger partial charge is 0.465 e. The van der Waals surface area contributed by atoms with E-state index in [0.29, 0.717) is 35.5 Å². The topological polar surface area (TPSA) is 82.1 Å². The smallest absolute Gasteiger partial charge is 0.355 e. The van der Waals surface area contributed by atoms with Crippen LogP contribution in [-0.4, -0.2) is 38.2 Å². The maximum Gasteiger partial charge on any atom is 0.355 e. The number of ketones is 1. The third-order valence-electron chi connectivity index (χ3n) is 6.61. The molecule has 7 nitrogen and oxygen atoms in total. The molecule has 0 amide bonds. The Kier molecular flexibility index (Phi) is 6.76. The molecule has 3 aromatic rings. The highest BCUT2D eigenvalue weighted by Crippen LogP contribution is 2.49. The first-order chi connectivity index (χ1) is 19.1. The highest BCUT2D eigenvalue weighted by Gasteiger charge is 2.58. The molecule has 2 heterocycles. The molecule has 0 aromatic heterocycles. The van der Waals surface area contributed by atoms with Crippen molar-refractivity contribution in [3.8, 4) is 0 Å². The van der Waals surface area contributed by atoms with Gasteiger partial charge in [-0.2, -0.15) is 0 Å². The van der Waals surface area contributed by atoms with Crippen LogP contribution in [0.3, 0.4) is 0 Å². The molecule has 5 rings (SSSR count). The zero-order valence-electron chi connectivity index (χ0n) is 20.9. The van der Waals surface area contributed by atoms with Crippen molar-refractivity contribution in [1.29, 1.82) is 0 Å². The molecule has 2 aliphatic heterocycles.